The maximum atomic E-state index is 10.9. The molecule has 0 bridgehead atoms. The summed E-state index contributed by atoms with van der Waals surface area (Å²) in [6.07, 6.45) is 0. The lowest BCUT2D eigenvalue weighted by Crippen LogP contribution is -2.46. The molecule has 1 fully saturated rings. The van der Waals surface area contributed by atoms with Crippen LogP contribution in [0.25, 0.3) is 0 Å². The monoisotopic (exact) mass is 356 g/mol. The van der Waals surface area contributed by atoms with Gasteiger partial charge in [0.2, 0.25) is 0 Å². The molecular formula is C18H17ClN4O2. The van der Waals surface area contributed by atoms with Gasteiger partial charge in [0.15, 0.2) is 0 Å². The largest absolute Gasteiger partial charge is 0.368 e. The van der Waals surface area contributed by atoms with Crippen molar-refractivity contribution in [1.29, 1.82) is 5.26 Å². The van der Waals surface area contributed by atoms with Gasteiger partial charge in [0, 0.05) is 49.9 Å². The zero-order valence-electron chi connectivity index (χ0n) is 13.6. The number of nitro benzene ring substituents is 1. The number of nitriles is 1. The minimum atomic E-state index is -0.479. The summed E-state index contributed by atoms with van der Waals surface area (Å²) >= 11 is 6.03. The first kappa shape index (κ1) is 17.2. The number of nitro groups is 1. The Hall–Kier alpha value is -2.62. The predicted molar refractivity (Wildman–Crippen MR) is 96.8 cm³/mol. The van der Waals surface area contributed by atoms with Crippen molar-refractivity contribution in [1.82, 2.24) is 4.90 Å². The van der Waals surface area contributed by atoms with E-state index in [1.54, 1.807) is 6.07 Å². The molecule has 25 heavy (non-hydrogen) atoms. The van der Waals surface area contributed by atoms with E-state index < -0.39 is 4.92 Å². The fraction of sp³-hybridized carbons (Fsp3) is 0.278. The van der Waals surface area contributed by atoms with Gasteiger partial charge in [-0.2, -0.15) is 5.26 Å². The summed E-state index contributed by atoms with van der Waals surface area (Å²) in [5.74, 6) is 0. The molecule has 0 aromatic heterocycles. The summed E-state index contributed by atoms with van der Waals surface area (Å²) < 4.78 is 0. The van der Waals surface area contributed by atoms with Gasteiger partial charge in [-0.05, 0) is 23.8 Å². The van der Waals surface area contributed by atoms with Gasteiger partial charge in [-0.15, -0.1) is 0 Å². The number of anilines is 1. The number of nitrogens with zero attached hydrogens (tertiary/aromatic N) is 4. The average Bonchev–Trinajstić information content (AvgIpc) is 2.62. The normalized spacial score (nSPS) is 15.0. The van der Waals surface area contributed by atoms with Crippen LogP contribution in [0.4, 0.5) is 11.4 Å². The van der Waals surface area contributed by atoms with Crippen molar-refractivity contribution >= 4 is 23.0 Å². The Morgan fingerprint density at radius 3 is 2.56 bits per heavy atom. The SMILES string of the molecule is N#Cc1cc([N+](=O)[O-])ccc1N1CCN(Cc2cccc(Cl)c2)CC1. The molecule has 0 unspecified atom stereocenters. The molecular weight excluding hydrogens is 340 g/mol. The van der Waals surface area contributed by atoms with Crippen LogP contribution in [0, 0.1) is 21.4 Å². The average molecular weight is 357 g/mol. The molecule has 0 saturated carbocycles. The molecule has 0 atom stereocenters. The number of hydrogen-bond acceptors (Lipinski definition) is 5. The molecule has 1 heterocycles. The maximum Gasteiger partial charge on any atom is 0.270 e. The van der Waals surface area contributed by atoms with Gasteiger partial charge < -0.3 is 4.90 Å². The topological polar surface area (TPSA) is 73.4 Å². The number of rotatable bonds is 4. The van der Waals surface area contributed by atoms with Crippen molar-refractivity contribution in [2.75, 3.05) is 31.1 Å². The van der Waals surface area contributed by atoms with Crippen LogP contribution in [0.5, 0.6) is 0 Å². The molecule has 0 aliphatic carbocycles. The van der Waals surface area contributed by atoms with Gasteiger partial charge in [-0.1, -0.05) is 23.7 Å². The van der Waals surface area contributed by atoms with Gasteiger partial charge in [0.05, 0.1) is 16.2 Å². The van der Waals surface area contributed by atoms with Crippen LogP contribution in [-0.2, 0) is 6.54 Å². The highest BCUT2D eigenvalue weighted by atomic mass is 35.5. The second-order valence-corrected chi connectivity index (χ2v) is 6.40. The summed E-state index contributed by atoms with van der Waals surface area (Å²) in [7, 11) is 0. The molecule has 1 aliphatic rings. The van der Waals surface area contributed by atoms with Crippen LogP contribution in [0.2, 0.25) is 5.02 Å². The third-order valence-electron chi connectivity index (χ3n) is 4.32. The first-order chi connectivity index (χ1) is 12.1. The molecule has 2 aromatic rings. The molecule has 7 heteroatoms. The quantitative estimate of drug-likeness (QED) is 0.619. The molecule has 128 valence electrons. The van der Waals surface area contributed by atoms with E-state index in [0.29, 0.717) is 5.56 Å². The molecule has 0 N–H and O–H groups in total. The number of hydrogen-bond donors (Lipinski definition) is 0. The van der Waals surface area contributed by atoms with Crippen LogP contribution >= 0.6 is 11.6 Å². The molecule has 1 aliphatic heterocycles. The minimum absolute atomic E-state index is 0.0557. The predicted octanol–water partition coefficient (Wildman–Crippen LogP) is 3.44. The number of piperazine rings is 1. The van der Waals surface area contributed by atoms with Gasteiger partial charge in [0.1, 0.15) is 6.07 Å². The zero-order chi connectivity index (χ0) is 17.8. The smallest absolute Gasteiger partial charge is 0.270 e. The summed E-state index contributed by atoms with van der Waals surface area (Å²) in [4.78, 5) is 14.8. The number of non-ortho nitro benzene ring substituents is 1. The third-order valence-corrected chi connectivity index (χ3v) is 4.55. The van der Waals surface area contributed by atoms with E-state index >= 15 is 0 Å². The van der Waals surface area contributed by atoms with Crippen LogP contribution in [0.1, 0.15) is 11.1 Å². The summed E-state index contributed by atoms with van der Waals surface area (Å²) in [5.41, 5.74) is 2.22. The molecule has 6 nitrogen and oxygen atoms in total. The van der Waals surface area contributed by atoms with E-state index in [-0.39, 0.29) is 5.69 Å². The molecule has 3 rings (SSSR count). The van der Waals surface area contributed by atoms with Gasteiger partial charge in [-0.3, -0.25) is 15.0 Å². The van der Waals surface area contributed by atoms with E-state index in [2.05, 4.69) is 21.9 Å². The highest BCUT2D eigenvalue weighted by molar-refractivity contribution is 6.30. The molecule has 0 amide bonds. The van der Waals surface area contributed by atoms with Crippen LogP contribution in [-0.4, -0.2) is 36.0 Å². The Morgan fingerprint density at radius 2 is 1.92 bits per heavy atom. The Morgan fingerprint density at radius 1 is 1.16 bits per heavy atom. The Labute approximate surface area is 151 Å². The molecule has 1 saturated heterocycles. The van der Waals surface area contributed by atoms with E-state index in [0.717, 1.165) is 43.4 Å². The molecule has 0 radical (unpaired) electrons. The van der Waals surface area contributed by atoms with Crippen molar-refractivity contribution < 1.29 is 4.92 Å². The highest BCUT2D eigenvalue weighted by Gasteiger charge is 2.21. The summed E-state index contributed by atoms with van der Waals surface area (Å²) in [6.45, 7) is 4.09. The molecule has 2 aromatic carbocycles. The lowest BCUT2D eigenvalue weighted by molar-refractivity contribution is -0.384. The van der Waals surface area contributed by atoms with Gasteiger partial charge >= 0.3 is 0 Å². The van der Waals surface area contributed by atoms with Gasteiger partial charge in [0.25, 0.3) is 5.69 Å². The standard InChI is InChI=1S/C18H17ClN4O2/c19-16-3-1-2-14(10-16)13-21-6-8-22(9-7-21)18-5-4-17(23(24)25)11-15(18)12-20/h1-5,10-11H,6-9,13H2. The first-order valence-corrected chi connectivity index (χ1v) is 8.35. The van der Waals surface area contributed by atoms with E-state index in [9.17, 15) is 15.4 Å². The lowest BCUT2D eigenvalue weighted by atomic mass is 10.1. The van der Waals surface area contributed by atoms with Crippen molar-refractivity contribution in [3.63, 3.8) is 0 Å². The third kappa shape index (κ3) is 4.08. The Balaban J connectivity index is 1.66. The number of benzene rings is 2. The van der Waals surface area contributed by atoms with Crippen molar-refractivity contribution in [2.24, 2.45) is 0 Å². The highest BCUT2D eigenvalue weighted by Crippen LogP contribution is 2.26. The van der Waals surface area contributed by atoms with E-state index in [1.807, 2.05) is 18.2 Å². The zero-order valence-corrected chi connectivity index (χ0v) is 14.3. The Kier molecular flexibility index (Phi) is 5.17. The maximum absolute atomic E-state index is 10.9. The van der Waals surface area contributed by atoms with Crippen LogP contribution < -0.4 is 4.90 Å². The van der Waals surface area contributed by atoms with Crippen molar-refractivity contribution in [3.05, 3.63) is 68.7 Å². The van der Waals surface area contributed by atoms with Crippen molar-refractivity contribution in [2.45, 2.75) is 6.54 Å². The summed E-state index contributed by atoms with van der Waals surface area (Å²) in [5, 5.41) is 20.9. The van der Waals surface area contributed by atoms with E-state index in [4.69, 9.17) is 11.6 Å². The fourth-order valence-electron chi connectivity index (χ4n) is 3.04. The fourth-order valence-corrected chi connectivity index (χ4v) is 3.26. The number of halogens is 1. The van der Waals surface area contributed by atoms with Gasteiger partial charge in [-0.25, -0.2) is 0 Å². The minimum Gasteiger partial charge on any atom is -0.368 e. The molecule has 0 spiro atoms. The van der Waals surface area contributed by atoms with Crippen LogP contribution in [0.15, 0.2) is 42.5 Å². The second-order valence-electron chi connectivity index (χ2n) is 5.96. The van der Waals surface area contributed by atoms with Crippen LogP contribution in [0.3, 0.4) is 0 Å². The van der Waals surface area contributed by atoms with E-state index in [1.165, 1.54) is 17.7 Å². The first-order valence-electron chi connectivity index (χ1n) is 7.97. The van der Waals surface area contributed by atoms with Crippen molar-refractivity contribution in [3.8, 4) is 6.07 Å². The Bertz CT molecular complexity index is 826. The second kappa shape index (κ2) is 7.51. The summed E-state index contributed by atoms with van der Waals surface area (Å²) in [6, 6.07) is 14.4. The lowest BCUT2D eigenvalue weighted by Gasteiger charge is -2.36.